The number of hydrogen-bond donors (Lipinski definition) is 0. The van der Waals surface area contributed by atoms with Gasteiger partial charge in [0.05, 0.1) is 15.9 Å². The van der Waals surface area contributed by atoms with Gasteiger partial charge in [-0.15, -0.1) is 0 Å². The lowest BCUT2D eigenvalue weighted by Crippen LogP contribution is -2.29. The van der Waals surface area contributed by atoms with Crippen LogP contribution in [-0.2, 0) is 10.0 Å². The van der Waals surface area contributed by atoms with E-state index in [-0.39, 0.29) is 10.6 Å². The van der Waals surface area contributed by atoms with E-state index in [1.54, 1.807) is 25.1 Å². The second kappa shape index (κ2) is 8.59. The van der Waals surface area contributed by atoms with E-state index in [9.17, 15) is 18.5 Å². The van der Waals surface area contributed by atoms with Crippen molar-refractivity contribution in [3.63, 3.8) is 0 Å². The molecule has 0 saturated carbocycles. The van der Waals surface area contributed by atoms with Crippen molar-refractivity contribution in [1.82, 2.24) is 4.31 Å². The standard InChI is InChI=1S/C22H18N2O4S/c1-18(20-8-4-2-5-9-20)23(29(27,28)22-10-6-3-7-11-22)17-16-19-12-14-21(15-13-19)24(25)26/h2-15,18H,1H3. The van der Waals surface area contributed by atoms with Gasteiger partial charge in [-0.25, -0.2) is 12.7 Å². The Kier molecular flexibility index (Phi) is 5.96. The molecule has 0 N–H and O–H groups in total. The van der Waals surface area contributed by atoms with Gasteiger partial charge in [-0.1, -0.05) is 48.5 Å². The first-order valence-electron chi connectivity index (χ1n) is 8.80. The maximum Gasteiger partial charge on any atom is 0.271 e. The Balaban J connectivity index is 2.03. The summed E-state index contributed by atoms with van der Waals surface area (Å²) in [6.07, 6.45) is 0. The predicted molar refractivity (Wildman–Crippen MR) is 110 cm³/mol. The molecule has 29 heavy (non-hydrogen) atoms. The van der Waals surface area contributed by atoms with Crippen molar-refractivity contribution in [1.29, 1.82) is 0 Å². The predicted octanol–water partition coefficient (Wildman–Crippen LogP) is 4.36. The van der Waals surface area contributed by atoms with Gasteiger partial charge in [0.1, 0.15) is 0 Å². The third-order valence-electron chi connectivity index (χ3n) is 4.32. The van der Waals surface area contributed by atoms with Crippen LogP contribution in [0.15, 0.2) is 89.8 Å². The first-order chi connectivity index (χ1) is 13.9. The van der Waals surface area contributed by atoms with Crippen LogP contribution in [0.4, 0.5) is 5.69 Å². The van der Waals surface area contributed by atoms with Gasteiger partial charge in [0.2, 0.25) is 0 Å². The molecule has 3 aromatic carbocycles. The number of nitro benzene ring substituents is 1. The van der Waals surface area contributed by atoms with Crippen molar-refractivity contribution in [3.8, 4) is 12.0 Å². The highest BCUT2D eigenvalue weighted by atomic mass is 32.2. The Labute approximate surface area is 169 Å². The van der Waals surface area contributed by atoms with Crippen LogP contribution < -0.4 is 0 Å². The zero-order valence-corrected chi connectivity index (χ0v) is 16.4. The molecule has 1 unspecified atom stereocenters. The van der Waals surface area contributed by atoms with Crippen molar-refractivity contribution >= 4 is 15.7 Å². The van der Waals surface area contributed by atoms with Gasteiger partial charge in [0.25, 0.3) is 15.7 Å². The summed E-state index contributed by atoms with van der Waals surface area (Å²) in [4.78, 5) is 10.4. The maximum absolute atomic E-state index is 13.2. The molecule has 0 aliphatic heterocycles. The van der Waals surface area contributed by atoms with Gasteiger partial charge in [0.15, 0.2) is 0 Å². The SMILES string of the molecule is CC(c1ccccc1)N(C#Cc1ccc([N+](=O)[O-])cc1)S(=O)(=O)c1ccccc1. The van der Waals surface area contributed by atoms with Crippen molar-refractivity contribution in [2.24, 2.45) is 0 Å². The van der Waals surface area contributed by atoms with E-state index >= 15 is 0 Å². The largest absolute Gasteiger partial charge is 0.271 e. The molecular weight excluding hydrogens is 388 g/mol. The van der Waals surface area contributed by atoms with E-state index in [1.165, 1.54) is 36.4 Å². The summed E-state index contributed by atoms with van der Waals surface area (Å²) in [6, 6.07) is 25.2. The number of sulfonamides is 1. The van der Waals surface area contributed by atoms with E-state index in [2.05, 4.69) is 12.0 Å². The molecule has 0 bridgehead atoms. The molecule has 0 radical (unpaired) electrons. The lowest BCUT2D eigenvalue weighted by atomic mass is 10.1. The number of non-ortho nitro benzene ring substituents is 1. The number of rotatable bonds is 5. The number of hydrogen-bond acceptors (Lipinski definition) is 4. The summed E-state index contributed by atoms with van der Waals surface area (Å²) in [6.45, 7) is 1.76. The zero-order chi connectivity index (χ0) is 20.9. The number of nitrogens with zero attached hydrogens (tertiary/aromatic N) is 2. The molecule has 146 valence electrons. The van der Waals surface area contributed by atoms with Crippen LogP contribution in [0, 0.1) is 22.1 Å². The molecule has 0 saturated heterocycles. The molecule has 7 heteroatoms. The van der Waals surface area contributed by atoms with Crippen molar-refractivity contribution in [3.05, 3.63) is 106 Å². The molecule has 3 aromatic rings. The summed E-state index contributed by atoms with van der Waals surface area (Å²) >= 11 is 0. The van der Waals surface area contributed by atoms with Gasteiger partial charge in [-0.2, -0.15) is 0 Å². The molecular formula is C22H18N2O4S. The fourth-order valence-corrected chi connectivity index (χ4v) is 4.16. The third-order valence-corrected chi connectivity index (χ3v) is 6.12. The first kappa shape index (κ1) is 20.1. The van der Waals surface area contributed by atoms with Gasteiger partial charge in [0, 0.05) is 23.7 Å². The maximum atomic E-state index is 13.2. The molecule has 0 aliphatic rings. The number of benzene rings is 3. The summed E-state index contributed by atoms with van der Waals surface area (Å²) < 4.78 is 27.6. The Bertz CT molecular complexity index is 1150. The van der Waals surface area contributed by atoms with Gasteiger partial charge in [-0.3, -0.25) is 10.1 Å². The fourth-order valence-electron chi connectivity index (χ4n) is 2.72. The fraction of sp³-hybridized carbons (Fsp3) is 0.0909. The summed E-state index contributed by atoms with van der Waals surface area (Å²) in [5, 5.41) is 10.8. The number of nitro groups is 1. The molecule has 0 heterocycles. The molecule has 0 fully saturated rings. The normalized spacial score (nSPS) is 11.8. The molecule has 0 amide bonds. The summed E-state index contributed by atoms with van der Waals surface area (Å²) in [5.41, 5.74) is 1.22. The monoisotopic (exact) mass is 406 g/mol. The molecule has 0 spiro atoms. The lowest BCUT2D eigenvalue weighted by molar-refractivity contribution is -0.384. The van der Waals surface area contributed by atoms with Crippen LogP contribution in [0.25, 0.3) is 0 Å². The van der Waals surface area contributed by atoms with Crippen LogP contribution in [-0.4, -0.2) is 17.6 Å². The highest BCUT2D eigenvalue weighted by molar-refractivity contribution is 7.89. The van der Waals surface area contributed by atoms with E-state index in [1.807, 2.05) is 30.3 Å². The molecule has 3 rings (SSSR count). The summed E-state index contributed by atoms with van der Waals surface area (Å²) in [7, 11) is -3.89. The topological polar surface area (TPSA) is 80.5 Å². The van der Waals surface area contributed by atoms with E-state index in [4.69, 9.17) is 0 Å². The second-order valence-electron chi connectivity index (χ2n) is 6.24. The Morgan fingerprint density at radius 1 is 0.897 bits per heavy atom. The van der Waals surface area contributed by atoms with Crippen molar-refractivity contribution in [2.45, 2.75) is 17.9 Å². The van der Waals surface area contributed by atoms with Crippen LogP contribution >= 0.6 is 0 Å². The molecule has 0 aliphatic carbocycles. The second-order valence-corrected chi connectivity index (χ2v) is 8.06. The lowest BCUT2D eigenvalue weighted by Gasteiger charge is -2.25. The van der Waals surface area contributed by atoms with Crippen LogP contribution in [0.2, 0.25) is 0 Å². The Morgan fingerprint density at radius 2 is 1.45 bits per heavy atom. The van der Waals surface area contributed by atoms with Crippen molar-refractivity contribution < 1.29 is 13.3 Å². The minimum absolute atomic E-state index is 0.0537. The highest BCUT2D eigenvalue weighted by Gasteiger charge is 2.27. The average molecular weight is 406 g/mol. The van der Waals surface area contributed by atoms with E-state index < -0.39 is 21.0 Å². The highest BCUT2D eigenvalue weighted by Crippen LogP contribution is 2.26. The zero-order valence-electron chi connectivity index (χ0n) is 15.6. The van der Waals surface area contributed by atoms with Crippen LogP contribution in [0.3, 0.4) is 0 Å². The molecule has 1 atom stereocenters. The molecule has 6 nitrogen and oxygen atoms in total. The first-order valence-corrected chi connectivity index (χ1v) is 10.2. The smallest absolute Gasteiger partial charge is 0.258 e. The van der Waals surface area contributed by atoms with Crippen LogP contribution in [0.1, 0.15) is 24.1 Å². The van der Waals surface area contributed by atoms with Crippen molar-refractivity contribution in [2.75, 3.05) is 0 Å². The Hall–Kier alpha value is -3.63. The van der Waals surface area contributed by atoms with Crippen LogP contribution in [0.5, 0.6) is 0 Å². The summed E-state index contributed by atoms with van der Waals surface area (Å²) in [5.74, 6) is 2.81. The molecule has 0 aromatic heterocycles. The van der Waals surface area contributed by atoms with E-state index in [0.717, 1.165) is 9.87 Å². The van der Waals surface area contributed by atoms with Gasteiger partial charge >= 0.3 is 0 Å². The quantitative estimate of drug-likeness (QED) is 0.273. The minimum atomic E-state index is -3.89. The minimum Gasteiger partial charge on any atom is -0.258 e. The van der Waals surface area contributed by atoms with E-state index in [0.29, 0.717) is 5.56 Å². The average Bonchev–Trinajstić information content (AvgIpc) is 2.75. The van der Waals surface area contributed by atoms with Gasteiger partial charge < -0.3 is 0 Å². The van der Waals surface area contributed by atoms with Gasteiger partial charge in [-0.05, 0) is 42.7 Å². The Morgan fingerprint density at radius 3 is 2.00 bits per heavy atom. The third kappa shape index (κ3) is 4.62.